The van der Waals surface area contributed by atoms with Crippen LogP contribution in [0.1, 0.15) is 26.6 Å². The molecule has 0 aromatic carbocycles. The molecule has 0 saturated carbocycles. The first-order chi connectivity index (χ1) is 9.62. The van der Waals surface area contributed by atoms with Crippen LogP contribution in [0.4, 0.5) is 4.79 Å². The Kier molecular flexibility index (Phi) is 5.34. The molecule has 0 spiro atoms. The maximum atomic E-state index is 12.1. The molecular weight excluding hydrogens is 272 g/mol. The molecule has 1 aromatic heterocycles. The van der Waals surface area contributed by atoms with Crippen molar-refractivity contribution in [2.45, 2.75) is 40.3 Å². The fraction of sp³-hybridized carbons (Fsp3) is 0.643. The Hall–Kier alpha value is -2.05. The van der Waals surface area contributed by atoms with E-state index >= 15 is 0 Å². The maximum Gasteiger partial charge on any atom is 0.326 e. The average molecular weight is 296 g/mol. The summed E-state index contributed by atoms with van der Waals surface area (Å²) in [6.45, 7) is 8.31. The summed E-state index contributed by atoms with van der Waals surface area (Å²) < 4.78 is 1.93. The van der Waals surface area contributed by atoms with Crippen LogP contribution in [-0.2, 0) is 11.3 Å². The molecule has 0 aliphatic rings. The lowest BCUT2D eigenvalue weighted by molar-refractivity contribution is -0.142. The molecule has 0 aliphatic heterocycles. The van der Waals surface area contributed by atoms with Gasteiger partial charge < -0.3 is 19.9 Å². The summed E-state index contributed by atoms with van der Waals surface area (Å²) in [4.78, 5) is 28.9. The third-order valence-electron chi connectivity index (χ3n) is 3.33. The van der Waals surface area contributed by atoms with Crippen LogP contribution in [0.2, 0.25) is 0 Å². The molecule has 2 N–H and O–H groups in total. The highest BCUT2D eigenvalue weighted by molar-refractivity contribution is 5.83. The first-order valence-corrected chi connectivity index (χ1v) is 6.85. The molecule has 1 atom stereocenters. The number of imidazole rings is 1. The van der Waals surface area contributed by atoms with E-state index in [4.69, 9.17) is 0 Å². The molecular formula is C14H24N4O3. The van der Waals surface area contributed by atoms with E-state index in [2.05, 4.69) is 10.3 Å². The van der Waals surface area contributed by atoms with Crippen molar-refractivity contribution in [1.29, 1.82) is 0 Å². The summed E-state index contributed by atoms with van der Waals surface area (Å²) in [7, 11) is 1.64. The summed E-state index contributed by atoms with van der Waals surface area (Å²) in [6.07, 6.45) is 3.55. The van der Waals surface area contributed by atoms with Crippen LogP contribution >= 0.6 is 0 Å². The predicted octanol–water partition coefficient (Wildman–Crippen LogP) is 1.33. The second kappa shape index (κ2) is 6.60. The lowest BCUT2D eigenvalue weighted by Gasteiger charge is -2.29. The number of aryl methyl sites for hydroxylation is 1. The lowest BCUT2D eigenvalue weighted by atomic mass is 9.87. The quantitative estimate of drug-likeness (QED) is 0.858. The summed E-state index contributed by atoms with van der Waals surface area (Å²) in [5.74, 6) is -0.156. The van der Waals surface area contributed by atoms with E-state index in [-0.39, 0.29) is 0 Å². The second-order valence-corrected chi connectivity index (χ2v) is 6.18. The second-order valence-electron chi connectivity index (χ2n) is 6.18. The third-order valence-corrected chi connectivity index (χ3v) is 3.33. The molecule has 0 unspecified atom stereocenters. The minimum Gasteiger partial charge on any atom is -0.480 e. The zero-order valence-electron chi connectivity index (χ0n) is 13.3. The van der Waals surface area contributed by atoms with Crippen LogP contribution in [0, 0.1) is 12.3 Å². The lowest BCUT2D eigenvalue weighted by Crippen LogP contribution is -2.52. The van der Waals surface area contributed by atoms with Crippen molar-refractivity contribution < 1.29 is 14.7 Å². The van der Waals surface area contributed by atoms with Crippen LogP contribution in [-0.4, -0.2) is 51.2 Å². The highest BCUT2D eigenvalue weighted by atomic mass is 16.4. The van der Waals surface area contributed by atoms with E-state index in [1.54, 1.807) is 34.0 Å². The summed E-state index contributed by atoms with van der Waals surface area (Å²) in [5, 5.41) is 11.8. The number of carbonyl (C=O) groups excluding carboxylic acids is 1. The van der Waals surface area contributed by atoms with E-state index in [9.17, 15) is 14.7 Å². The number of hydrogen-bond acceptors (Lipinski definition) is 3. The molecule has 7 nitrogen and oxygen atoms in total. The van der Waals surface area contributed by atoms with Crippen LogP contribution in [0.25, 0.3) is 0 Å². The van der Waals surface area contributed by atoms with E-state index in [0.717, 1.165) is 5.82 Å². The number of carboxylic acids is 1. The van der Waals surface area contributed by atoms with Gasteiger partial charge in [-0.05, 0) is 12.3 Å². The summed E-state index contributed by atoms with van der Waals surface area (Å²) in [5.41, 5.74) is -0.552. The minimum atomic E-state index is -1.03. The van der Waals surface area contributed by atoms with Gasteiger partial charge >= 0.3 is 12.0 Å². The van der Waals surface area contributed by atoms with Crippen molar-refractivity contribution in [3.8, 4) is 0 Å². The molecule has 21 heavy (non-hydrogen) atoms. The topological polar surface area (TPSA) is 87.5 Å². The molecule has 1 heterocycles. The third kappa shape index (κ3) is 4.77. The molecule has 0 fully saturated rings. The highest BCUT2D eigenvalue weighted by Gasteiger charge is 2.33. The maximum absolute atomic E-state index is 12.1. The van der Waals surface area contributed by atoms with E-state index in [0.29, 0.717) is 13.1 Å². The van der Waals surface area contributed by atoms with Crippen molar-refractivity contribution in [3.63, 3.8) is 0 Å². The first-order valence-electron chi connectivity index (χ1n) is 6.85. The average Bonchev–Trinajstić information content (AvgIpc) is 2.76. The Labute approximate surface area is 125 Å². The number of nitrogens with zero attached hydrogens (tertiary/aromatic N) is 3. The van der Waals surface area contributed by atoms with Gasteiger partial charge in [0, 0.05) is 32.5 Å². The number of aliphatic carboxylic acids is 1. The van der Waals surface area contributed by atoms with Gasteiger partial charge in [-0.15, -0.1) is 0 Å². The van der Waals surface area contributed by atoms with E-state index in [1.807, 2.05) is 17.7 Å². The Morgan fingerprint density at radius 2 is 2.10 bits per heavy atom. The Morgan fingerprint density at radius 3 is 2.52 bits per heavy atom. The number of rotatable bonds is 5. The smallest absolute Gasteiger partial charge is 0.326 e. The van der Waals surface area contributed by atoms with Gasteiger partial charge in [0.15, 0.2) is 0 Å². The van der Waals surface area contributed by atoms with Gasteiger partial charge in [0.05, 0.1) is 0 Å². The minimum absolute atomic E-state index is 0.393. The summed E-state index contributed by atoms with van der Waals surface area (Å²) in [6, 6.07) is -1.32. The molecule has 0 radical (unpaired) electrons. The molecule has 2 amide bonds. The Balaban J connectivity index is 2.58. The number of carboxylic acid groups (broad SMARTS) is 1. The normalized spacial score (nSPS) is 12.8. The van der Waals surface area contributed by atoms with Crippen molar-refractivity contribution in [2.24, 2.45) is 5.41 Å². The van der Waals surface area contributed by atoms with Crippen molar-refractivity contribution in [1.82, 2.24) is 19.8 Å². The van der Waals surface area contributed by atoms with Gasteiger partial charge in [-0.1, -0.05) is 20.8 Å². The van der Waals surface area contributed by atoms with Gasteiger partial charge in [-0.25, -0.2) is 14.6 Å². The number of aromatic nitrogens is 2. The zero-order chi connectivity index (χ0) is 16.2. The molecule has 7 heteroatoms. The fourth-order valence-electron chi connectivity index (χ4n) is 1.88. The predicted molar refractivity (Wildman–Crippen MR) is 79.0 cm³/mol. The first kappa shape index (κ1) is 17.0. The number of likely N-dealkylation sites (N-methyl/N-ethyl adjacent to an activating group) is 1. The van der Waals surface area contributed by atoms with E-state index < -0.39 is 23.5 Å². The molecule has 1 aromatic rings. The van der Waals surface area contributed by atoms with Crippen molar-refractivity contribution >= 4 is 12.0 Å². The van der Waals surface area contributed by atoms with Gasteiger partial charge in [0.1, 0.15) is 11.9 Å². The van der Waals surface area contributed by atoms with E-state index in [1.165, 1.54) is 4.90 Å². The Morgan fingerprint density at radius 1 is 1.48 bits per heavy atom. The monoisotopic (exact) mass is 296 g/mol. The molecule has 0 aliphatic carbocycles. The van der Waals surface area contributed by atoms with Gasteiger partial charge in [0.25, 0.3) is 0 Å². The highest BCUT2D eigenvalue weighted by Crippen LogP contribution is 2.19. The number of carbonyl (C=O) groups is 2. The largest absolute Gasteiger partial charge is 0.480 e. The van der Waals surface area contributed by atoms with Gasteiger partial charge in [0.2, 0.25) is 0 Å². The van der Waals surface area contributed by atoms with Crippen LogP contribution in [0.15, 0.2) is 12.4 Å². The van der Waals surface area contributed by atoms with Crippen molar-refractivity contribution in [2.75, 3.05) is 13.6 Å². The summed E-state index contributed by atoms with van der Waals surface area (Å²) >= 11 is 0. The van der Waals surface area contributed by atoms with Crippen LogP contribution in [0.5, 0.6) is 0 Å². The molecule has 1 rings (SSSR count). The van der Waals surface area contributed by atoms with Crippen LogP contribution in [0.3, 0.4) is 0 Å². The number of hydrogen-bond donors (Lipinski definition) is 2. The van der Waals surface area contributed by atoms with Crippen molar-refractivity contribution in [3.05, 3.63) is 18.2 Å². The molecule has 0 saturated heterocycles. The number of amides is 2. The van der Waals surface area contributed by atoms with Gasteiger partial charge in [-0.3, -0.25) is 0 Å². The van der Waals surface area contributed by atoms with Gasteiger partial charge in [-0.2, -0.15) is 0 Å². The molecule has 118 valence electrons. The number of urea groups is 1. The van der Waals surface area contributed by atoms with Crippen LogP contribution < -0.4 is 5.32 Å². The Bertz CT molecular complexity index is 505. The fourth-order valence-corrected chi connectivity index (χ4v) is 1.88. The SMILES string of the molecule is Cc1nccn1CCN(C)C(=O)N[C@H](C(=O)O)C(C)(C)C. The number of nitrogens with one attached hydrogen (secondary N) is 1. The molecule has 0 bridgehead atoms. The standard InChI is InChI=1S/C14H24N4O3/c1-10-15-6-7-18(10)9-8-17(5)13(21)16-11(12(19)20)14(2,3)4/h6-7,11H,8-9H2,1-5H3,(H,16,21)(H,19,20)/t11-/m1/s1. The zero-order valence-corrected chi connectivity index (χ0v) is 13.3.